The Morgan fingerprint density at radius 2 is 1.83 bits per heavy atom. The maximum absolute atomic E-state index is 13.4. The number of halogens is 7. The molecule has 3 N–H and O–H groups in total. The minimum Gasteiger partial charge on any atom is -0.507 e. The van der Waals surface area contributed by atoms with Crippen LogP contribution in [-0.4, -0.2) is 63.4 Å². The lowest BCUT2D eigenvalue weighted by atomic mass is 10.0. The number of phenolic OH excluding ortho intramolecular Hbond substituents is 1. The van der Waals surface area contributed by atoms with Gasteiger partial charge in [0, 0.05) is 18.7 Å². The second-order valence-electron chi connectivity index (χ2n) is 7.93. The quantitative estimate of drug-likeness (QED) is 0.416. The average Bonchev–Trinajstić information content (AvgIpc) is 3.13. The third-order valence-corrected chi connectivity index (χ3v) is 5.09. The number of nitrogens with zero attached hydrogens (tertiary/aromatic N) is 3. The first-order chi connectivity index (χ1) is 16.6. The molecule has 3 heterocycles. The number of benzene rings is 1. The van der Waals surface area contributed by atoms with E-state index in [-0.39, 0.29) is 29.0 Å². The van der Waals surface area contributed by atoms with Crippen molar-refractivity contribution in [1.82, 2.24) is 14.9 Å². The number of rotatable bonds is 3. The Morgan fingerprint density at radius 1 is 1.17 bits per heavy atom. The number of piperidine rings is 1. The first kappa shape index (κ1) is 27.0. The number of likely N-dealkylation sites (N-methyl/N-ethyl adjacent to an activating group) is 1. The van der Waals surface area contributed by atoms with Crippen molar-refractivity contribution in [3.05, 3.63) is 35.6 Å². The molecular formula is C21H19F7N4O4. The number of aromatic nitrogens is 2. The zero-order chi connectivity index (χ0) is 26.8. The number of alkyl halides is 6. The number of aromatic hydroxyl groups is 1. The maximum atomic E-state index is 13.4. The standard InChI is InChI=1S/C19H18F4N4O2.C2HF3O2/c1-27-6-2-3-11(9-27)24-18-26-17-15(29-18)5-4-13(25-17)16-12(19(21,22)23)7-10(20)8-14(16)28;3-2(4,5)1(6)7/h4-5,7-8,11,28H,2-3,6,9H2,1H3,(H,24,25,26);(H,6,7)/t11-;/m1./s1. The normalized spacial score (nSPS) is 16.9. The molecule has 1 aliphatic rings. The Labute approximate surface area is 198 Å². The van der Waals surface area contributed by atoms with Crippen molar-refractivity contribution in [1.29, 1.82) is 0 Å². The van der Waals surface area contributed by atoms with E-state index in [2.05, 4.69) is 20.2 Å². The SMILES string of the molecule is CN1CCC[C@@H](Nc2nc3nc(-c4c(O)cc(F)cc4C(F)(F)F)ccc3o2)C1.O=C(O)C(F)(F)F. The van der Waals surface area contributed by atoms with Crippen molar-refractivity contribution in [2.75, 3.05) is 25.5 Å². The number of phenols is 1. The predicted molar refractivity (Wildman–Crippen MR) is 112 cm³/mol. The molecule has 0 amide bonds. The van der Waals surface area contributed by atoms with Crippen LogP contribution in [0.2, 0.25) is 0 Å². The monoisotopic (exact) mass is 524 g/mol. The molecule has 0 unspecified atom stereocenters. The topological polar surface area (TPSA) is 112 Å². The number of carboxylic acids is 1. The number of nitrogens with one attached hydrogen (secondary N) is 1. The molecule has 1 aliphatic heterocycles. The highest BCUT2D eigenvalue weighted by Crippen LogP contribution is 2.42. The van der Waals surface area contributed by atoms with E-state index in [9.17, 15) is 35.8 Å². The summed E-state index contributed by atoms with van der Waals surface area (Å²) < 4.78 is 90.8. The van der Waals surface area contributed by atoms with Gasteiger partial charge in [0.2, 0.25) is 5.65 Å². The number of pyridine rings is 1. The van der Waals surface area contributed by atoms with Crippen LogP contribution in [0.5, 0.6) is 5.75 Å². The number of oxazole rings is 1. The van der Waals surface area contributed by atoms with E-state index in [1.54, 1.807) is 0 Å². The summed E-state index contributed by atoms with van der Waals surface area (Å²) in [6.07, 6.45) is -7.98. The summed E-state index contributed by atoms with van der Waals surface area (Å²) in [6, 6.07) is 4.01. The fourth-order valence-electron chi connectivity index (χ4n) is 3.56. The third-order valence-electron chi connectivity index (χ3n) is 5.09. The minimum atomic E-state index is -5.08. The lowest BCUT2D eigenvalue weighted by molar-refractivity contribution is -0.192. The summed E-state index contributed by atoms with van der Waals surface area (Å²) in [5.41, 5.74) is -1.72. The summed E-state index contributed by atoms with van der Waals surface area (Å²) in [6.45, 7) is 1.83. The van der Waals surface area contributed by atoms with Crippen LogP contribution in [-0.2, 0) is 11.0 Å². The fourth-order valence-corrected chi connectivity index (χ4v) is 3.56. The van der Waals surface area contributed by atoms with Gasteiger partial charge in [-0.05, 0) is 44.6 Å². The van der Waals surface area contributed by atoms with E-state index in [0.717, 1.165) is 25.9 Å². The van der Waals surface area contributed by atoms with Crippen molar-refractivity contribution in [2.24, 2.45) is 0 Å². The number of carboxylic acid groups (broad SMARTS) is 1. The largest absolute Gasteiger partial charge is 0.507 e. The molecule has 4 rings (SSSR count). The molecule has 1 atom stereocenters. The van der Waals surface area contributed by atoms with Gasteiger partial charge in [0.1, 0.15) is 11.6 Å². The highest BCUT2D eigenvalue weighted by molar-refractivity contribution is 5.78. The number of hydrogen-bond donors (Lipinski definition) is 3. The molecule has 0 spiro atoms. The molecule has 196 valence electrons. The molecule has 15 heteroatoms. The first-order valence-electron chi connectivity index (χ1n) is 10.3. The van der Waals surface area contributed by atoms with Gasteiger partial charge in [-0.25, -0.2) is 14.2 Å². The second-order valence-corrected chi connectivity index (χ2v) is 7.93. The van der Waals surface area contributed by atoms with Gasteiger partial charge >= 0.3 is 18.3 Å². The highest BCUT2D eigenvalue weighted by Gasteiger charge is 2.38. The number of aliphatic carboxylic acids is 1. The van der Waals surface area contributed by atoms with Crippen molar-refractivity contribution >= 4 is 23.2 Å². The van der Waals surface area contributed by atoms with Crippen molar-refractivity contribution in [3.63, 3.8) is 0 Å². The molecule has 0 bridgehead atoms. The van der Waals surface area contributed by atoms with Crippen molar-refractivity contribution in [3.8, 4) is 17.0 Å². The number of hydrogen-bond acceptors (Lipinski definition) is 7. The van der Waals surface area contributed by atoms with Crippen LogP contribution in [0.25, 0.3) is 22.5 Å². The van der Waals surface area contributed by atoms with Gasteiger partial charge in [0.25, 0.3) is 6.01 Å². The Morgan fingerprint density at radius 3 is 2.42 bits per heavy atom. The lowest BCUT2D eigenvalue weighted by Crippen LogP contribution is -2.39. The van der Waals surface area contributed by atoms with Gasteiger partial charge in [-0.3, -0.25) is 0 Å². The van der Waals surface area contributed by atoms with E-state index >= 15 is 0 Å². The summed E-state index contributed by atoms with van der Waals surface area (Å²) in [5, 5.41) is 20.3. The Kier molecular flexibility index (Phi) is 7.62. The zero-order valence-electron chi connectivity index (χ0n) is 18.4. The Bertz CT molecular complexity index is 1240. The second kappa shape index (κ2) is 10.2. The smallest absolute Gasteiger partial charge is 0.490 e. The molecule has 1 aromatic carbocycles. The van der Waals surface area contributed by atoms with Gasteiger partial charge in [-0.2, -0.15) is 31.3 Å². The summed E-state index contributed by atoms with van der Waals surface area (Å²) in [7, 11) is 2.02. The van der Waals surface area contributed by atoms with Gasteiger partial charge in [0.15, 0.2) is 5.58 Å². The number of carbonyl (C=O) groups is 1. The van der Waals surface area contributed by atoms with E-state index in [1.807, 2.05) is 7.05 Å². The minimum absolute atomic E-state index is 0.0889. The van der Waals surface area contributed by atoms with E-state index < -0.39 is 41.0 Å². The van der Waals surface area contributed by atoms with E-state index in [1.165, 1.54) is 12.1 Å². The number of fused-ring (bicyclic) bond motifs is 1. The Hall–Kier alpha value is -3.62. The molecule has 1 fully saturated rings. The predicted octanol–water partition coefficient (Wildman–Crippen LogP) is 4.89. The van der Waals surface area contributed by atoms with Crippen molar-refractivity contribution in [2.45, 2.75) is 31.2 Å². The van der Waals surface area contributed by atoms with Crippen LogP contribution < -0.4 is 5.32 Å². The Balaban J connectivity index is 0.000000454. The fraction of sp³-hybridized carbons (Fsp3) is 0.381. The van der Waals surface area contributed by atoms with Crippen LogP contribution in [0.3, 0.4) is 0 Å². The summed E-state index contributed by atoms with van der Waals surface area (Å²) >= 11 is 0. The molecule has 0 saturated carbocycles. The summed E-state index contributed by atoms with van der Waals surface area (Å²) in [4.78, 5) is 19.4. The highest BCUT2D eigenvalue weighted by atomic mass is 19.4. The van der Waals surface area contributed by atoms with Crippen molar-refractivity contribution < 1.29 is 50.2 Å². The van der Waals surface area contributed by atoms with Crippen LogP contribution in [0.15, 0.2) is 28.7 Å². The zero-order valence-corrected chi connectivity index (χ0v) is 18.4. The van der Waals surface area contributed by atoms with E-state index in [4.69, 9.17) is 14.3 Å². The molecule has 1 saturated heterocycles. The van der Waals surface area contributed by atoms with Crippen LogP contribution >= 0.6 is 0 Å². The van der Waals surface area contributed by atoms with Gasteiger partial charge in [-0.1, -0.05) is 0 Å². The molecule has 8 nitrogen and oxygen atoms in total. The van der Waals surface area contributed by atoms with Crippen LogP contribution in [0.4, 0.5) is 36.7 Å². The third kappa shape index (κ3) is 6.53. The molecule has 2 aromatic heterocycles. The maximum Gasteiger partial charge on any atom is 0.490 e. The number of anilines is 1. The summed E-state index contributed by atoms with van der Waals surface area (Å²) in [5.74, 6) is -4.80. The molecule has 0 radical (unpaired) electrons. The molecular weight excluding hydrogens is 505 g/mol. The first-order valence-corrected chi connectivity index (χ1v) is 10.3. The number of likely N-dealkylation sites (tertiary alicyclic amines) is 1. The molecule has 3 aromatic rings. The van der Waals surface area contributed by atoms with E-state index in [0.29, 0.717) is 12.1 Å². The van der Waals surface area contributed by atoms with Gasteiger partial charge in [-0.15, -0.1) is 0 Å². The van der Waals surface area contributed by atoms with Gasteiger partial charge < -0.3 is 24.8 Å². The van der Waals surface area contributed by atoms with Gasteiger partial charge in [0.05, 0.1) is 16.8 Å². The molecule has 0 aliphatic carbocycles. The van der Waals surface area contributed by atoms with Crippen LogP contribution in [0, 0.1) is 5.82 Å². The molecule has 36 heavy (non-hydrogen) atoms. The lowest BCUT2D eigenvalue weighted by Gasteiger charge is -2.29. The average molecular weight is 524 g/mol. The van der Waals surface area contributed by atoms with Crippen LogP contribution in [0.1, 0.15) is 18.4 Å².